The highest BCUT2D eigenvalue weighted by atomic mass is 16.5. The molecule has 0 radical (unpaired) electrons. The number of ether oxygens (including phenoxy) is 2. The maximum absolute atomic E-state index is 12.8. The predicted molar refractivity (Wildman–Crippen MR) is 132 cm³/mol. The molecule has 2 amide bonds. The van der Waals surface area contributed by atoms with E-state index in [1.807, 2.05) is 32.0 Å². The van der Waals surface area contributed by atoms with Gasteiger partial charge in [-0.15, -0.1) is 0 Å². The van der Waals surface area contributed by atoms with Crippen molar-refractivity contribution in [2.75, 3.05) is 11.9 Å². The van der Waals surface area contributed by atoms with Crippen molar-refractivity contribution in [3.05, 3.63) is 81.8 Å². The number of aromatic hydroxyl groups is 1. The Labute approximate surface area is 203 Å². The molecule has 3 aromatic rings. The minimum atomic E-state index is -0.787. The van der Waals surface area contributed by atoms with Crippen LogP contribution in [0.25, 0.3) is 0 Å². The van der Waals surface area contributed by atoms with E-state index in [0.29, 0.717) is 11.3 Å². The zero-order chi connectivity index (χ0) is 25.5. The molecule has 0 saturated heterocycles. The van der Waals surface area contributed by atoms with Crippen LogP contribution in [-0.2, 0) is 16.6 Å². The van der Waals surface area contributed by atoms with E-state index in [1.54, 1.807) is 31.2 Å². The van der Waals surface area contributed by atoms with Crippen LogP contribution in [0.3, 0.4) is 0 Å². The van der Waals surface area contributed by atoms with Gasteiger partial charge in [0, 0.05) is 13.2 Å². The molecule has 2 aromatic carbocycles. The first kappa shape index (κ1) is 25.4. The normalized spacial score (nSPS) is 11.4. The van der Waals surface area contributed by atoms with Crippen LogP contribution in [0.15, 0.2) is 59.5 Å². The van der Waals surface area contributed by atoms with Gasteiger partial charge < -0.3 is 29.8 Å². The zero-order valence-corrected chi connectivity index (χ0v) is 20.1. The fourth-order valence-electron chi connectivity index (χ4n) is 3.56. The first-order valence-corrected chi connectivity index (χ1v) is 11.1. The van der Waals surface area contributed by atoms with Crippen LogP contribution >= 0.6 is 0 Å². The zero-order valence-electron chi connectivity index (χ0n) is 20.1. The molecule has 0 unspecified atom stereocenters. The molecule has 1 heterocycles. The number of carbonyl (C=O) groups excluding carboxylic acids is 2. The van der Waals surface area contributed by atoms with E-state index in [4.69, 9.17) is 9.47 Å². The first-order chi connectivity index (χ1) is 16.7. The molecule has 0 fully saturated rings. The Hall–Kier alpha value is -4.27. The summed E-state index contributed by atoms with van der Waals surface area (Å²) in [7, 11) is 1.50. The Morgan fingerprint density at radius 2 is 1.77 bits per heavy atom. The van der Waals surface area contributed by atoms with Gasteiger partial charge >= 0.3 is 12.0 Å². The number of amides is 2. The number of rotatable bonds is 8. The Bertz CT molecular complexity index is 1260. The van der Waals surface area contributed by atoms with E-state index in [0.717, 1.165) is 16.9 Å². The monoisotopic (exact) mass is 479 g/mol. The van der Waals surface area contributed by atoms with Crippen LogP contribution in [0.4, 0.5) is 10.5 Å². The van der Waals surface area contributed by atoms with Crippen molar-refractivity contribution in [1.29, 1.82) is 0 Å². The molecular weight excluding hydrogens is 450 g/mol. The second-order valence-corrected chi connectivity index (χ2v) is 8.05. The number of aromatic nitrogens is 1. The number of hydrogen-bond donors (Lipinski definition) is 3. The minimum absolute atomic E-state index is 0.146. The molecule has 184 valence electrons. The van der Waals surface area contributed by atoms with Crippen LogP contribution in [0, 0.1) is 13.8 Å². The Balaban J connectivity index is 1.86. The molecule has 1 atom stereocenters. The summed E-state index contributed by atoms with van der Waals surface area (Å²) in [4.78, 5) is 37.3. The van der Waals surface area contributed by atoms with Crippen molar-refractivity contribution >= 4 is 17.7 Å². The summed E-state index contributed by atoms with van der Waals surface area (Å²) in [5, 5.41) is 15.1. The van der Waals surface area contributed by atoms with Gasteiger partial charge in [-0.2, -0.15) is 0 Å². The number of pyridine rings is 1. The molecular formula is C26H29N3O6. The number of nitrogens with zero attached hydrogens (tertiary/aromatic N) is 1. The van der Waals surface area contributed by atoms with E-state index in [-0.39, 0.29) is 24.5 Å². The second-order valence-electron chi connectivity index (χ2n) is 8.05. The molecule has 3 N–H and O–H groups in total. The second kappa shape index (κ2) is 11.2. The molecule has 0 aliphatic rings. The Kier molecular flexibility index (Phi) is 8.14. The maximum Gasteiger partial charge on any atom is 0.319 e. The summed E-state index contributed by atoms with van der Waals surface area (Å²) in [6.07, 6.45) is 1.23. The number of anilines is 1. The largest absolute Gasteiger partial charge is 0.505 e. The number of hydrogen-bond acceptors (Lipinski definition) is 6. The van der Waals surface area contributed by atoms with Crippen LogP contribution in [0.2, 0.25) is 0 Å². The number of esters is 1. The molecule has 1 aromatic heterocycles. The fraction of sp³-hybridized carbons (Fsp3) is 0.269. The van der Waals surface area contributed by atoms with Gasteiger partial charge in [-0.25, -0.2) is 4.79 Å². The lowest BCUT2D eigenvalue weighted by Crippen LogP contribution is -2.36. The van der Waals surface area contributed by atoms with Gasteiger partial charge in [-0.1, -0.05) is 30.3 Å². The van der Waals surface area contributed by atoms with E-state index in [1.165, 1.54) is 23.9 Å². The minimum Gasteiger partial charge on any atom is -0.505 e. The molecule has 9 nitrogen and oxygen atoms in total. The summed E-state index contributed by atoms with van der Waals surface area (Å²) in [5.74, 6) is 0.393. The molecule has 0 bridgehead atoms. The van der Waals surface area contributed by atoms with Gasteiger partial charge in [0.2, 0.25) is 0 Å². The number of carbonyl (C=O) groups is 2. The average molecular weight is 480 g/mol. The molecule has 0 spiro atoms. The Morgan fingerprint density at radius 3 is 2.46 bits per heavy atom. The number of para-hydroxylation sites is 1. The van der Waals surface area contributed by atoms with Crippen molar-refractivity contribution in [1.82, 2.24) is 9.88 Å². The van der Waals surface area contributed by atoms with Crippen LogP contribution in [-0.4, -0.2) is 28.3 Å². The number of urea groups is 1. The van der Waals surface area contributed by atoms with E-state index in [9.17, 15) is 19.5 Å². The number of nitrogens with one attached hydrogen (secondary N) is 2. The van der Waals surface area contributed by atoms with Gasteiger partial charge in [-0.05, 0) is 55.7 Å². The number of aryl methyl sites for hydroxylation is 3. The molecule has 9 heteroatoms. The number of benzene rings is 2. The maximum atomic E-state index is 12.8. The summed E-state index contributed by atoms with van der Waals surface area (Å²) in [5.41, 5.74) is 1.70. The van der Waals surface area contributed by atoms with Gasteiger partial charge in [0.15, 0.2) is 5.69 Å². The fourth-order valence-corrected chi connectivity index (χ4v) is 3.56. The summed E-state index contributed by atoms with van der Waals surface area (Å²) >= 11 is 0. The highest BCUT2D eigenvalue weighted by Gasteiger charge is 2.22. The van der Waals surface area contributed by atoms with Gasteiger partial charge in [0.25, 0.3) is 5.56 Å². The third kappa shape index (κ3) is 6.41. The van der Waals surface area contributed by atoms with Crippen LogP contribution in [0.5, 0.6) is 17.2 Å². The molecule has 35 heavy (non-hydrogen) atoms. The molecule has 3 rings (SSSR count). The van der Waals surface area contributed by atoms with Crippen LogP contribution in [0.1, 0.15) is 36.1 Å². The van der Waals surface area contributed by atoms with Gasteiger partial charge in [-0.3, -0.25) is 9.59 Å². The van der Waals surface area contributed by atoms with Crippen LogP contribution < -0.4 is 20.9 Å². The Morgan fingerprint density at radius 1 is 1.09 bits per heavy atom. The smallest absolute Gasteiger partial charge is 0.319 e. The van der Waals surface area contributed by atoms with Crippen molar-refractivity contribution < 1.29 is 24.2 Å². The first-order valence-electron chi connectivity index (χ1n) is 11.1. The molecule has 0 saturated carbocycles. The van der Waals surface area contributed by atoms with E-state index < -0.39 is 23.6 Å². The van der Waals surface area contributed by atoms with Gasteiger partial charge in [0.05, 0.1) is 19.1 Å². The third-order valence-corrected chi connectivity index (χ3v) is 5.36. The third-order valence-electron chi connectivity index (χ3n) is 5.36. The van der Waals surface area contributed by atoms with Crippen molar-refractivity contribution in [2.24, 2.45) is 7.05 Å². The summed E-state index contributed by atoms with van der Waals surface area (Å²) in [6.45, 7) is 5.79. The van der Waals surface area contributed by atoms with Crippen molar-refractivity contribution in [3.8, 4) is 17.2 Å². The lowest BCUT2D eigenvalue weighted by molar-refractivity contribution is -0.143. The summed E-state index contributed by atoms with van der Waals surface area (Å²) < 4.78 is 12.4. The summed E-state index contributed by atoms with van der Waals surface area (Å²) in [6, 6.07) is 12.6. The highest BCUT2D eigenvalue weighted by molar-refractivity contribution is 5.91. The predicted octanol–water partition coefficient (Wildman–Crippen LogP) is 4.32. The van der Waals surface area contributed by atoms with E-state index in [2.05, 4.69) is 10.6 Å². The molecule has 0 aliphatic heterocycles. The van der Waals surface area contributed by atoms with Crippen molar-refractivity contribution in [3.63, 3.8) is 0 Å². The standard InChI is InChI=1S/C26H29N3O6/c1-5-34-22(31)15-20(27-26(33)28-23-21(30)12-13-29(4)25(23)32)18-10-7-11-19(14-18)35-24-16(2)8-6-9-17(24)3/h6-14,20,30H,5,15H2,1-4H3,(H2,27,28,33)/t20-/m0/s1. The van der Waals surface area contributed by atoms with Crippen molar-refractivity contribution in [2.45, 2.75) is 33.2 Å². The lowest BCUT2D eigenvalue weighted by Gasteiger charge is -2.20. The quantitative estimate of drug-likeness (QED) is 0.414. The highest BCUT2D eigenvalue weighted by Crippen LogP contribution is 2.30. The molecule has 0 aliphatic carbocycles. The van der Waals surface area contributed by atoms with Gasteiger partial charge in [0.1, 0.15) is 17.2 Å². The SMILES string of the molecule is CCOC(=O)C[C@H](NC(=O)Nc1c(O)ccn(C)c1=O)c1cccc(Oc2c(C)cccc2C)c1. The average Bonchev–Trinajstić information content (AvgIpc) is 2.82. The topological polar surface area (TPSA) is 119 Å². The van der Waals surface area contributed by atoms with E-state index >= 15 is 0 Å². The lowest BCUT2D eigenvalue weighted by atomic mass is 10.0.